The molecule has 1 heterocycles. The lowest BCUT2D eigenvalue weighted by Crippen LogP contribution is -2.34. The van der Waals surface area contributed by atoms with E-state index in [0.29, 0.717) is 23.7 Å². The van der Waals surface area contributed by atoms with Crippen LogP contribution < -0.4 is 5.73 Å². The van der Waals surface area contributed by atoms with Crippen LogP contribution in [0.25, 0.3) is 0 Å². The lowest BCUT2D eigenvalue weighted by atomic mass is 10.0. The molecule has 0 radical (unpaired) electrons. The van der Waals surface area contributed by atoms with Crippen LogP contribution in [0.4, 0.5) is 4.39 Å². The summed E-state index contributed by atoms with van der Waals surface area (Å²) in [5, 5.41) is 0.401. The number of hydrogen-bond acceptors (Lipinski definition) is 3. The Morgan fingerprint density at radius 2 is 2.15 bits per heavy atom. The van der Waals surface area contributed by atoms with Gasteiger partial charge in [-0.15, -0.1) is 0 Å². The maximum absolute atomic E-state index is 14.1. The van der Waals surface area contributed by atoms with Gasteiger partial charge < -0.3 is 10.2 Å². The quantitative estimate of drug-likeness (QED) is 0.886. The van der Waals surface area contributed by atoms with Gasteiger partial charge in [0.05, 0.1) is 18.8 Å². The summed E-state index contributed by atoms with van der Waals surface area (Å²) in [5.41, 5.74) is 6.30. The predicted molar refractivity (Wildman–Crippen MR) is 78.0 cm³/mol. The first-order valence-corrected chi connectivity index (χ1v) is 6.95. The van der Waals surface area contributed by atoms with Crippen molar-refractivity contribution in [2.24, 2.45) is 5.73 Å². The molecule has 1 unspecified atom stereocenters. The van der Waals surface area contributed by atoms with Crippen LogP contribution in [0.2, 0.25) is 5.02 Å². The highest BCUT2D eigenvalue weighted by atomic mass is 35.5. The lowest BCUT2D eigenvalue weighted by molar-refractivity contribution is 0.184. The topological polar surface area (TPSA) is 42.4 Å². The van der Waals surface area contributed by atoms with Crippen LogP contribution in [0.1, 0.15) is 24.3 Å². The highest BCUT2D eigenvalue weighted by Crippen LogP contribution is 2.30. The number of rotatable bonds is 6. The molecular weight excluding hydrogens is 279 g/mol. The summed E-state index contributed by atoms with van der Waals surface area (Å²) in [5.74, 6) is 0.489. The maximum atomic E-state index is 14.1. The average Bonchev–Trinajstić information content (AvgIpc) is 2.94. The zero-order valence-corrected chi connectivity index (χ0v) is 12.1. The minimum atomic E-state index is -0.328. The standard InChI is InChI=1S/C15H18ClFN2O/c1-2-19(10-11-5-4-8-20-11)14(9-18)15-12(16)6-3-7-13(15)17/h3-8,14H,2,9-10,18H2,1H3. The Kier molecular flexibility index (Phi) is 5.17. The molecule has 0 aliphatic carbocycles. The number of halogens is 2. The summed E-state index contributed by atoms with van der Waals surface area (Å²) >= 11 is 6.14. The molecule has 0 aliphatic heterocycles. The monoisotopic (exact) mass is 296 g/mol. The van der Waals surface area contributed by atoms with Gasteiger partial charge in [-0.3, -0.25) is 4.90 Å². The van der Waals surface area contributed by atoms with Crippen molar-refractivity contribution in [1.29, 1.82) is 0 Å². The summed E-state index contributed by atoms with van der Waals surface area (Å²) < 4.78 is 19.4. The van der Waals surface area contributed by atoms with E-state index in [1.807, 2.05) is 24.0 Å². The molecular formula is C15H18ClFN2O. The molecule has 0 spiro atoms. The molecule has 3 nitrogen and oxygen atoms in total. The van der Waals surface area contributed by atoms with Gasteiger partial charge in [0.15, 0.2) is 0 Å². The van der Waals surface area contributed by atoms with E-state index in [0.717, 1.165) is 5.76 Å². The highest BCUT2D eigenvalue weighted by Gasteiger charge is 2.24. The first-order chi connectivity index (χ1) is 9.67. The van der Waals surface area contributed by atoms with Crippen LogP contribution in [0, 0.1) is 5.82 Å². The van der Waals surface area contributed by atoms with E-state index in [2.05, 4.69) is 0 Å². The van der Waals surface area contributed by atoms with Crippen molar-refractivity contribution in [3.63, 3.8) is 0 Å². The second kappa shape index (κ2) is 6.88. The predicted octanol–water partition coefficient (Wildman–Crippen LogP) is 3.59. The normalized spacial score (nSPS) is 12.8. The summed E-state index contributed by atoms with van der Waals surface area (Å²) in [4.78, 5) is 2.04. The Balaban J connectivity index is 2.29. The molecule has 0 bridgehead atoms. The van der Waals surface area contributed by atoms with Crippen molar-refractivity contribution in [2.45, 2.75) is 19.5 Å². The largest absolute Gasteiger partial charge is 0.468 e. The van der Waals surface area contributed by atoms with Gasteiger partial charge in [-0.05, 0) is 30.8 Å². The molecule has 0 saturated carbocycles. The minimum Gasteiger partial charge on any atom is -0.468 e. The molecule has 0 fully saturated rings. The first kappa shape index (κ1) is 15.0. The average molecular weight is 297 g/mol. The Labute approximate surface area is 123 Å². The van der Waals surface area contributed by atoms with Gasteiger partial charge in [-0.25, -0.2) is 4.39 Å². The number of likely N-dealkylation sites (N-methyl/N-ethyl adjacent to an activating group) is 1. The zero-order chi connectivity index (χ0) is 14.5. The SMILES string of the molecule is CCN(Cc1ccco1)C(CN)c1c(F)cccc1Cl. The molecule has 1 aromatic carbocycles. The molecule has 0 saturated heterocycles. The number of nitrogens with two attached hydrogens (primary N) is 1. The number of hydrogen-bond donors (Lipinski definition) is 1. The fourth-order valence-electron chi connectivity index (χ4n) is 2.32. The van der Waals surface area contributed by atoms with Crippen molar-refractivity contribution in [3.8, 4) is 0 Å². The van der Waals surface area contributed by atoms with Gasteiger partial charge in [0, 0.05) is 17.1 Å². The van der Waals surface area contributed by atoms with Crippen LogP contribution in [0.5, 0.6) is 0 Å². The van der Waals surface area contributed by atoms with Crippen LogP contribution in [0.15, 0.2) is 41.0 Å². The van der Waals surface area contributed by atoms with Gasteiger partial charge in [0.1, 0.15) is 11.6 Å². The molecule has 5 heteroatoms. The molecule has 2 rings (SSSR count). The van der Waals surface area contributed by atoms with Gasteiger partial charge in [0.25, 0.3) is 0 Å². The van der Waals surface area contributed by atoms with E-state index in [4.69, 9.17) is 21.8 Å². The molecule has 20 heavy (non-hydrogen) atoms. The molecule has 2 N–H and O–H groups in total. The number of furan rings is 1. The number of nitrogens with zero attached hydrogens (tertiary/aromatic N) is 1. The summed E-state index contributed by atoms with van der Waals surface area (Å²) in [7, 11) is 0. The summed E-state index contributed by atoms with van der Waals surface area (Å²) in [6.07, 6.45) is 1.62. The Hall–Kier alpha value is -1.36. The van der Waals surface area contributed by atoms with Crippen molar-refractivity contribution >= 4 is 11.6 Å². The van der Waals surface area contributed by atoms with E-state index >= 15 is 0 Å². The molecule has 1 aromatic heterocycles. The van der Waals surface area contributed by atoms with Crippen molar-refractivity contribution < 1.29 is 8.81 Å². The molecule has 1 atom stereocenters. The Bertz CT molecular complexity index is 525. The fourth-order valence-corrected chi connectivity index (χ4v) is 2.61. The van der Waals surface area contributed by atoms with Gasteiger partial charge in [0.2, 0.25) is 0 Å². The van der Waals surface area contributed by atoms with Gasteiger partial charge in [-0.1, -0.05) is 24.6 Å². The molecule has 108 valence electrons. The molecule has 0 aliphatic rings. The van der Waals surface area contributed by atoms with Gasteiger partial charge >= 0.3 is 0 Å². The molecule has 2 aromatic rings. The summed E-state index contributed by atoms with van der Waals surface area (Å²) in [6, 6.07) is 8.13. The van der Waals surface area contributed by atoms with E-state index < -0.39 is 0 Å². The third-order valence-corrected chi connectivity index (χ3v) is 3.67. The first-order valence-electron chi connectivity index (χ1n) is 6.57. The van der Waals surface area contributed by atoms with E-state index in [-0.39, 0.29) is 18.4 Å². The van der Waals surface area contributed by atoms with Gasteiger partial charge in [-0.2, -0.15) is 0 Å². The summed E-state index contributed by atoms with van der Waals surface area (Å²) in [6.45, 7) is 3.57. The fraction of sp³-hybridized carbons (Fsp3) is 0.333. The minimum absolute atomic E-state index is 0.279. The van der Waals surface area contributed by atoms with E-state index in [1.54, 1.807) is 18.4 Å². The zero-order valence-electron chi connectivity index (χ0n) is 11.4. The maximum Gasteiger partial charge on any atom is 0.129 e. The van der Waals surface area contributed by atoms with E-state index in [9.17, 15) is 4.39 Å². The van der Waals surface area contributed by atoms with Crippen LogP contribution in [-0.4, -0.2) is 18.0 Å². The smallest absolute Gasteiger partial charge is 0.129 e. The Morgan fingerprint density at radius 1 is 1.35 bits per heavy atom. The Morgan fingerprint density at radius 3 is 2.70 bits per heavy atom. The second-order valence-corrected chi connectivity index (χ2v) is 4.94. The van der Waals surface area contributed by atoms with Crippen molar-refractivity contribution in [2.75, 3.05) is 13.1 Å². The van der Waals surface area contributed by atoms with Crippen LogP contribution in [0.3, 0.4) is 0 Å². The van der Waals surface area contributed by atoms with Crippen molar-refractivity contribution in [1.82, 2.24) is 4.90 Å². The number of benzene rings is 1. The van der Waals surface area contributed by atoms with Crippen LogP contribution in [-0.2, 0) is 6.54 Å². The second-order valence-electron chi connectivity index (χ2n) is 4.53. The van der Waals surface area contributed by atoms with E-state index in [1.165, 1.54) is 6.07 Å². The highest BCUT2D eigenvalue weighted by molar-refractivity contribution is 6.31. The molecule has 0 amide bonds. The van der Waals surface area contributed by atoms with Crippen LogP contribution >= 0.6 is 11.6 Å². The third-order valence-electron chi connectivity index (χ3n) is 3.34. The van der Waals surface area contributed by atoms with Crippen molar-refractivity contribution in [3.05, 3.63) is 58.8 Å². The lowest BCUT2D eigenvalue weighted by Gasteiger charge is -2.30. The third kappa shape index (κ3) is 3.20.